The maximum Gasteiger partial charge on any atom is 0.221 e. The van der Waals surface area contributed by atoms with Crippen molar-refractivity contribution in [1.29, 1.82) is 0 Å². The molecule has 166 valence electrons. The van der Waals surface area contributed by atoms with Gasteiger partial charge in [0.15, 0.2) is 0 Å². The van der Waals surface area contributed by atoms with E-state index in [0.717, 1.165) is 43.7 Å². The van der Waals surface area contributed by atoms with E-state index in [1.165, 1.54) is 19.1 Å². The zero-order valence-corrected chi connectivity index (χ0v) is 18.1. The number of para-hydroxylation sites is 1. The highest BCUT2D eigenvalue weighted by molar-refractivity contribution is 5.89. The lowest BCUT2D eigenvalue weighted by Gasteiger charge is -2.33. The lowest BCUT2D eigenvalue weighted by Crippen LogP contribution is -2.36. The van der Waals surface area contributed by atoms with Gasteiger partial charge in [0.05, 0.1) is 5.69 Å². The molecule has 5 nitrogen and oxygen atoms in total. The molecule has 4 N–H and O–H groups in total. The van der Waals surface area contributed by atoms with E-state index in [2.05, 4.69) is 22.3 Å². The fourth-order valence-electron chi connectivity index (χ4n) is 4.28. The van der Waals surface area contributed by atoms with Crippen LogP contribution in [0.25, 0.3) is 22.3 Å². The maximum absolute atomic E-state index is 14.5. The molecule has 0 saturated carbocycles. The molecule has 0 atom stereocenters. The van der Waals surface area contributed by atoms with Crippen molar-refractivity contribution < 1.29 is 14.3 Å². The first-order valence-electron chi connectivity index (χ1n) is 10.9. The molecule has 4 rings (SSSR count). The molecule has 0 radical (unpaired) electrons. The molecular formula is C26H28FN3O2. The number of phenols is 1. The first kappa shape index (κ1) is 21.8. The van der Waals surface area contributed by atoms with Gasteiger partial charge in [0.2, 0.25) is 5.91 Å². The molecule has 6 heteroatoms. The molecule has 0 bridgehead atoms. The predicted octanol–water partition coefficient (Wildman–Crippen LogP) is 5.00. The van der Waals surface area contributed by atoms with Crippen LogP contribution in [0.4, 0.5) is 15.8 Å². The number of hydrogen-bond donors (Lipinski definition) is 3. The molecule has 0 spiro atoms. The average molecular weight is 434 g/mol. The number of piperidine rings is 1. The zero-order valence-electron chi connectivity index (χ0n) is 18.1. The summed E-state index contributed by atoms with van der Waals surface area (Å²) in [5.74, 6) is -0.204. The fourth-order valence-corrected chi connectivity index (χ4v) is 4.28. The smallest absolute Gasteiger partial charge is 0.221 e. The molecular weight excluding hydrogens is 405 g/mol. The molecule has 3 aromatic carbocycles. The Kier molecular flexibility index (Phi) is 6.42. The van der Waals surface area contributed by atoms with Crippen LogP contribution in [-0.2, 0) is 4.79 Å². The van der Waals surface area contributed by atoms with Crippen LogP contribution in [-0.4, -0.2) is 30.6 Å². The second kappa shape index (κ2) is 9.40. The summed E-state index contributed by atoms with van der Waals surface area (Å²) in [7, 11) is 0. The number of amides is 1. The van der Waals surface area contributed by atoms with Crippen LogP contribution in [0, 0.1) is 11.7 Å². The van der Waals surface area contributed by atoms with Gasteiger partial charge < -0.3 is 21.1 Å². The third kappa shape index (κ3) is 4.60. The summed E-state index contributed by atoms with van der Waals surface area (Å²) in [6.45, 7) is 4.01. The van der Waals surface area contributed by atoms with Crippen LogP contribution in [0.3, 0.4) is 0 Å². The highest BCUT2D eigenvalue weighted by Crippen LogP contribution is 2.39. The minimum Gasteiger partial charge on any atom is -0.507 e. The summed E-state index contributed by atoms with van der Waals surface area (Å²) < 4.78 is 14.5. The second-order valence-electron chi connectivity index (χ2n) is 8.29. The number of halogens is 1. The number of nitrogens with two attached hydrogens (primary N) is 1. The number of aromatic hydroxyl groups is 1. The van der Waals surface area contributed by atoms with Gasteiger partial charge in [-0.2, -0.15) is 0 Å². The Bertz CT molecular complexity index is 1120. The Labute approximate surface area is 187 Å². The molecule has 1 aliphatic heterocycles. The molecule has 1 saturated heterocycles. The highest BCUT2D eigenvalue weighted by Gasteiger charge is 2.19. The molecule has 1 fully saturated rings. The third-order valence-electron chi connectivity index (χ3n) is 6.10. The van der Waals surface area contributed by atoms with Gasteiger partial charge >= 0.3 is 0 Å². The van der Waals surface area contributed by atoms with Crippen molar-refractivity contribution in [3.05, 3.63) is 66.5 Å². The van der Waals surface area contributed by atoms with Crippen LogP contribution in [0.5, 0.6) is 5.75 Å². The first-order chi connectivity index (χ1) is 15.5. The Morgan fingerprint density at radius 1 is 1.06 bits per heavy atom. The molecule has 0 aromatic heterocycles. The quantitative estimate of drug-likeness (QED) is 0.529. The Morgan fingerprint density at radius 2 is 1.72 bits per heavy atom. The standard InChI is InChI=1S/C26H28FN3O2/c1-17(31)29-25-9-8-20(15-24(25)27)23-7-3-6-22(26(23)32)19-4-2-5-21(14-19)30-12-10-18(16-28)11-13-30/h2-9,14-15,18,32H,10-13,16,28H2,1H3,(H,29,31). The number of benzene rings is 3. The number of nitrogens with zero attached hydrogens (tertiary/aromatic N) is 1. The minimum atomic E-state index is -0.551. The van der Waals surface area contributed by atoms with Crippen molar-refractivity contribution in [3.63, 3.8) is 0 Å². The highest BCUT2D eigenvalue weighted by atomic mass is 19.1. The zero-order chi connectivity index (χ0) is 22.7. The number of carbonyl (C=O) groups excluding carboxylic acids is 1. The summed E-state index contributed by atoms with van der Waals surface area (Å²) >= 11 is 0. The van der Waals surface area contributed by atoms with Crippen molar-refractivity contribution in [3.8, 4) is 28.0 Å². The van der Waals surface area contributed by atoms with E-state index in [9.17, 15) is 14.3 Å². The minimum absolute atomic E-state index is 0.0955. The monoisotopic (exact) mass is 433 g/mol. The van der Waals surface area contributed by atoms with Gasteiger partial charge in [0.1, 0.15) is 11.6 Å². The van der Waals surface area contributed by atoms with Gasteiger partial charge in [-0.3, -0.25) is 4.79 Å². The molecule has 3 aromatic rings. The van der Waals surface area contributed by atoms with Crippen molar-refractivity contribution in [2.24, 2.45) is 11.7 Å². The molecule has 1 aliphatic rings. The largest absolute Gasteiger partial charge is 0.507 e. The van der Waals surface area contributed by atoms with Gasteiger partial charge in [0, 0.05) is 36.8 Å². The first-order valence-corrected chi connectivity index (χ1v) is 10.9. The maximum atomic E-state index is 14.5. The van der Waals surface area contributed by atoms with E-state index in [4.69, 9.17) is 5.73 Å². The van der Waals surface area contributed by atoms with E-state index in [-0.39, 0.29) is 17.3 Å². The topological polar surface area (TPSA) is 78.6 Å². The molecule has 0 aliphatic carbocycles. The number of anilines is 2. The van der Waals surface area contributed by atoms with Gasteiger partial charge in [0.25, 0.3) is 0 Å². The number of rotatable bonds is 5. The van der Waals surface area contributed by atoms with E-state index < -0.39 is 5.82 Å². The summed E-state index contributed by atoms with van der Waals surface area (Å²) in [6, 6.07) is 18.1. The van der Waals surface area contributed by atoms with Gasteiger partial charge in [-0.1, -0.05) is 36.4 Å². The van der Waals surface area contributed by atoms with Crippen LogP contribution in [0.1, 0.15) is 19.8 Å². The fraction of sp³-hybridized carbons (Fsp3) is 0.269. The summed E-state index contributed by atoms with van der Waals surface area (Å²) in [5, 5.41) is 13.5. The SMILES string of the molecule is CC(=O)Nc1ccc(-c2cccc(-c3cccc(N4CCC(CN)CC4)c3)c2O)cc1F. The molecule has 1 heterocycles. The molecule has 0 unspecified atom stereocenters. The number of carbonyl (C=O) groups is 1. The van der Waals surface area contributed by atoms with E-state index >= 15 is 0 Å². The third-order valence-corrected chi connectivity index (χ3v) is 6.10. The van der Waals surface area contributed by atoms with Gasteiger partial charge in [-0.15, -0.1) is 0 Å². The van der Waals surface area contributed by atoms with Gasteiger partial charge in [-0.25, -0.2) is 4.39 Å². The normalized spacial score (nSPS) is 14.4. The Morgan fingerprint density at radius 3 is 2.34 bits per heavy atom. The number of nitrogens with one attached hydrogen (secondary N) is 1. The van der Waals surface area contributed by atoms with Gasteiger partial charge in [-0.05, 0) is 60.7 Å². The Balaban J connectivity index is 1.63. The summed E-state index contributed by atoms with van der Waals surface area (Å²) in [4.78, 5) is 13.6. The summed E-state index contributed by atoms with van der Waals surface area (Å²) in [5.41, 5.74) is 9.71. The van der Waals surface area contributed by atoms with Crippen molar-refractivity contribution in [1.82, 2.24) is 0 Å². The van der Waals surface area contributed by atoms with E-state index in [1.54, 1.807) is 12.1 Å². The second-order valence-corrected chi connectivity index (χ2v) is 8.29. The average Bonchev–Trinajstić information content (AvgIpc) is 2.80. The van der Waals surface area contributed by atoms with Crippen LogP contribution in [0.15, 0.2) is 60.7 Å². The summed E-state index contributed by atoms with van der Waals surface area (Å²) in [6.07, 6.45) is 2.17. The lowest BCUT2D eigenvalue weighted by atomic mass is 9.95. The van der Waals surface area contributed by atoms with Crippen molar-refractivity contribution in [2.75, 3.05) is 29.9 Å². The number of phenolic OH excluding ortho intramolecular Hbond substituents is 1. The molecule has 1 amide bonds. The van der Waals surface area contributed by atoms with Crippen molar-refractivity contribution >= 4 is 17.3 Å². The van der Waals surface area contributed by atoms with Crippen LogP contribution < -0.4 is 16.0 Å². The lowest BCUT2D eigenvalue weighted by molar-refractivity contribution is -0.114. The van der Waals surface area contributed by atoms with Crippen molar-refractivity contribution in [2.45, 2.75) is 19.8 Å². The molecule has 32 heavy (non-hydrogen) atoms. The Hall–Kier alpha value is -3.38. The van der Waals surface area contributed by atoms with E-state index in [0.29, 0.717) is 22.6 Å². The van der Waals surface area contributed by atoms with E-state index in [1.807, 2.05) is 24.3 Å². The van der Waals surface area contributed by atoms with Crippen LogP contribution in [0.2, 0.25) is 0 Å². The number of hydrogen-bond acceptors (Lipinski definition) is 4. The predicted molar refractivity (Wildman–Crippen MR) is 127 cm³/mol. The van der Waals surface area contributed by atoms with Crippen LogP contribution >= 0.6 is 0 Å².